The molecule has 2 aromatic rings. The SMILES string of the molecule is NC(=O)c1ccc(COc2ccc(Cl)c(Cl)c2)c([N+](=O)[O-])c1. The number of nitrogens with two attached hydrogens (primary N) is 1. The molecular weight excluding hydrogens is 331 g/mol. The minimum absolute atomic E-state index is 0.0602. The number of halogens is 2. The summed E-state index contributed by atoms with van der Waals surface area (Å²) in [4.78, 5) is 21.5. The van der Waals surface area contributed by atoms with E-state index >= 15 is 0 Å². The van der Waals surface area contributed by atoms with E-state index in [1.807, 2.05) is 0 Å². The van der Waals surface area contributed by atoms with Crippen molar-refractivity contribution in [1.29, 1.82) is 0 Å². The Balaban J connectivity index is 2.23. The van der Waals surface area contributed by atoms with Crippen molar-refractivity contribution >= 4 is 34.8 Å². The van der Waals surface area contributed by atoms with Crippen LogP contribution in [0.3, 0.4) is 0 Å². The maximum atomic E-state index is 11.1. The molecule has 0 unspecified atom stereocenters. The van der Waals surface area contributed by atoms with E-state index in [0.717, 1.165) is 6.07 Å². The Bertz CT molecular complexity index is 750. The maximum Gasteiger partial charge on any atom is 0.276 e. The quantitative estimate of drug-likeness (QED) is 0.664. The van der Waals surface area contributed by atoms with Gasteiger partial charge < -0.3 is 10.5 Å². The van der Waals surface area contributed by atoms with Gasteiger partial charge in [-0.05, 0) is 24.3 Å². The number of rotatable bonds is 5. The zero-order chi connectivity index (χ0) is 16.3. The number of nitro groups is 1. The van der Waals surface area contributed by atoms with Crippen LogP contribution in [0.25, 0.3) is 0 Å². The van der Waals surface area contributed by atoms with Crippen LogP contribution in [0.2, 0.25) is 10.0 Å². The number of amides is 1. The first-order valence-corrected chi connectivity index (χ1v) is 6.79. The van der Waals surface area contributed by atoms with Crippen molar-refractivity contribution in [1.82, 2.24) is 0 Å². The molecule has 0 bridgehead atoms. The lowest BCUT2D eigenvalue weighted by Crippen LogP contribution is -2.12. The third-order valence-electron chi connectivity index (χ3n) is 2.85. The zero-order valence-electron chi connectivity index (χ0n) is 11.1. The highest BCUT2D eigenvalue weighted by Crippen LogP contribution is 2.28. The van der Waals surface area contributed by atoms with Crippen LogP contribution in [0.4, 0.5) is 5.69 Å². The van der Waals surface area contributed by atoms with E-state index in [4.69, 9.17) is 33.7 Å². The van der Waals surface area contributed by atoms with Gasteiger partial charge in [-0.1, -0.05) is 23.2 Å². The second-order valence-corrected chi connectivity index (χ2v) is 5.14. The lowest BCUT2D eigenvalue weighted by Gasteiger charge is -2.08. The largest absolute Gasteiger partial charge is 0.489 e. The average molecular weight is 341 g/mol. The number of nitrogens with zero attached hydrogens (tertiary/aromatic N) is 1. The van der Waals surface area contributed by atoms with Crippen molar-refractivity contribution in [3.63, 3.8) is 0 Å². The van der Waals surface area contributed by atoms with E-state index < -0.39 is 10.8 Å². The molecule has 0 heterocycles. The molecule has 114 valence electrons. The summed E-state index contributed by atoms with van der Waals surface area (Å²) >= 11 is 11.7. The number of nitro benzene ring substituents is 1. The molecule has 1 amide bonds. The van der Waals surface area contributed by atoms with Crippen LogP contribution in [0.15, 0.2) is 36.4 Å². The van der Waals surface area contributed by atoms with Gasteiger partial charge in [0, 0.05) is 17.7 Å². The number of hydrogen-bond donors (Lipinski definition) is 1. The second-order valence-electron chi connectivity index (χ2n) is 4.33. The van der Waals surface area contributed by atoms with Gasteiger partial charge in [0.15, 0.2) is 0 Å². The summed E-state index contributed by atoms with van der Waals surface area (Å²) in [6.07, 6.45) is 0. The van der Waals surface area contributed by atoms with E-state index in [0.29, 0.717) is 21.4 Å². The molecule has 0 radical (unpaired) electrons. The summed E-state index contributed by atoms with van der Waals surface area (Å²) in [5.74, 6) is -0.317. The third kappa shape index (κ3) is 3.66. The van der Waals surface area contributed by atoms with Crippen molar-refractivity contribution < 1.29 is 14.5 Å². The fourth-order valence-corrected chi connectivity index (χ4v) is 2.02. The summed E-state index contributed by atoms with van der Waals surface area (Å²) in [5.41, 5.74) is 5.24. The highest BCUT2D eigenvalue weighted by Gasteiger charge is 2.17. The lowest BCUT2D eigenvalue weighted by atomic mass is 10.1. The molecule has 6 nitrogen and oxygen atoms in total. The molecule has 0 aliphatic rings. The van der Waals surface area contributed by atoms with E-state index in [1.165, 1.54) is 18.2 Å². The molecule has 2 N–H and O–H groups in total. The molecule has 22 heavy (non-hydrogen) atoms. The maximum absolute atomic E-state index is 11.1. The van der Waals surface area contributed by atoms with Crippen LogP contribution in [0.5, 0.6) is 5.75 Å². The molecule has 0 spiro atoms. The van der Waals surface area contributed by atoms with E-state index in [-0.39, 0.29) is 17.9 Å². The first-order chi connectivity index (χ1) is 10.4. The van der Waals surface area contributed by atoms with E-state index in [2.05, 4.69) is 0 Å². The molecule has 0 aliphatic carbocycles. The fraction of sp³-hybridized carbons (Fsp3) is 0.0714. The number of carbonyl (C=O) groups is 1. The van der Waals surface area contributed by atoms with Gasteiger partial charge in [0.05, 0.1) is 20.5 Å². The Morgan fingerprint density at radius 3 is 2.50 bits per heavy atom. The van der Waals surface area contributed by atoms with Crippen LogP contribution < -0.4 is 10.5 Å². The Labute approximate surface area is 135 Å². The number of hydrogen-bond acceptors (Lipinski definition) is 4. The van der Waals surface area contributed by atoms with Gasteiger partial charge in [-0.3, -0.25) is 14.9 Å². The van der Waals surface area contributed by atoms with Crippen molar-refractivity contribution in [2.24, 2.45) is 5.73 Å². The Morgan fingerprint density at radius 1 is 1.18 bits per heavy atom. The van der Waals surface area contributed by atoms with Gasteiger partial charge in [0.2, 0.25) is 5.91 Å². The summed E-state index contributed by atoms with van der Waals surface area (Å²) in [5, 5.41) is 11.8. The molecule has 0 aliphatic heterocycles. The van der Waals surface area contributed by atoms with Gasteiger partial charge in [-0.25, -0.2) is 0 Å². The zero-order valence-corrected chi connectivity index (χ0v) is 12.6. The smallest absolute Gasteiger partial charge is 0.276 e. The van der Waals surface area contributed by atoms with Crippen molar-refractivity contribution in [3.8, 4) is 5.75 Å². The highest BCUT2D eigenvalue weighted by molar-refractivity contribution is 6.42. The van der Waals surface area contributed by atoms with Gasteiger partial charge in [-0.2, -0.15) is 0 Å². The number of benzene rings is 2. The highest BCUT2D eigenvalue weighted by atomic mass is 35.5. The van der Waals surface area contributed by atoms with E-state index in [9.17, 15) is 14.9 Å². The fourth-order valence-electron chi connectivity index (χ4n) is 1.74. The third-order valence-corrected chi connectivity index (χ3v) is 3.59. The molecule has 0 atom stereocenters. The van der Waals surface area contributed by atoms with Gasteiger partial charge in [-0.15, -0.1) is 0 Å². The monoisotopic (exact) mass is 340 g/mol. The normalized spacial score (nSPS) is 10.3. The topological polar surface area (TPSA) is 95.5 Å². The Hall–Kier alpha value is -2.31. The summed E-state index contributed by atoms with van der Waals surface area (Å²) in [6, 6.07) is 8.61. The summed E-state index contributed by atoms with van der Waals surface area (Å²) < 4.78 is 5.46. The Morgan fingerprint density at radius 2 is 1.91 bits per heavy atom. The molecular formula is C14H10Cl2N2O4. The van der Waals surface area contributed by atoms with Crippen LogP contribution in [0, 0.1) is 10.1 Å². The molecule has 0 saturated heterocycles. The average Bonchev–Trinajstić information content (AvgIpc) is 2.48. The minimum Gasteiger partial charge on any atom is -0.489 e. The molecule has 2 aromatic carbocycles. The van der Waals surface area contributed by atoms with Gasteiger partial charge >= 0.3 is 0 Å². The summed E-state index contributed by atoms with van der Waals surface area (Å²) in [7, 11) is 0. The van der Waals surface area contributed by atoms with E-state index in [1.54, 1.807) is 12.1 Å². The van der Waals surface area contributed by atoms with Crippen molar-refractivity contribution in [3.05, 3.63) is 67.7 Å². The second kappa shape index (κ2) is 6.64. The van der Waals surface area contributed by atoms with Crippen LogP contribution in [0.1, 0.15) is 15.9 Å². The molecule has 0 fully saturated rings. The van der Waals surface area contributed by atoms with Crippen LogP contribution in [-0.2, 0) is 6.61 Å². The molecule has 8 heteroatoms. The van der Waals surface area contributed by atoms with Gasteiger partial charge in [0.1, 0.15) is 12.4 Å². The number of carbonyl (C=O) groups excluding carboxylic acids is 1. The predicted octanol–water partition coefficient (Wildman–Crippen LogP) is 3.58. The summed E-state index contributed by atoms with van der Waals surface area (Å²) in [6.45, 7) is -0.0622. The predicted molar refractivity (Wildman–Crippen MR) is 82.4 cm³/mol. The number of primary amides is 1. The molecule has 0 aromatic heterocycles. The first-order valence-electron chi connectivity index (χ1n) is 6.03. The first kappa shape index (κ1) is 16.1. The standard InChI is InChI=1S/C14H10Cl2N2O4/c15-11-4-3-10(6-12(11)16)22-7-9-2-1-8(14(17)19)5-13(9)18(20)21/h1-6H,7H2,(H2,17,19). The lowest BCUT2D eigenvalue weighted by molar-refractivity contribution is -0.385. The van der Waals surface area contributed by atoms with Crippen molar-refractivity contribution in [2.75, 3.05) is 0 Å². The number of ether oxygens (including phenoxy) is 1. The van der Waals surface area contributed by atoms with Crippen LogP contribution in [-0.4, -0.2) is 10.8 Å². The Kier molecular flexibility index (Phi) is 4.85. The van der Waals surface area contributed by atoms with Crippen LogP contribution >= 0.6 is 23.2 Å². The molecule has 0 saturated carbocycles. The minimum atomic E-state index is -0.736. The molecule has 2 rings (SSSR count). The van der Waals surface area contributed by atoms with Gasteiger partial charge in [0.25, 0.3) is 5.69 Å². The van der Waals surface area contributed by atoms with Crippen molar-refractivity contribution in [2.45, 2.75) is 6.61 Å².